The molecule has 1 spiro atoms. The first kappa shape index (κ1) is 25.6. The van der Waals surface area contributed by atoms with Crippen LogP contribution in [0.15, 0.2) is 78.6 Å². The fourth-order valence-corrected chi connectivity index (χ4v) is 10.8. The Morgan fingerprint density at radius 2 is 2.00 bits per heavy atom. The Labute approximate surface area is 257 Å². The van der Waals surface area contributed by atoms with Crippen LogP contribution in [-0.2, 0) is 24.8 Å². The number of anilines is 1. The van der Waals surface area contributed by atoms with Crippen LogP contribution >= 0.6 is 0 Å². The van der Waals surface area contributed by atoms with Crippen LogP contribution in [0.5, 0.6) is 0 Å². The predicted octanol–water partition coefficient (Wildman–Crippen LogP) is 4.73. The molecule has 2 bridgehead atoms. The van der Waals surface area contributed by atoms with Crippen LogP contribution in [0.25, 0.3) is 27.9 Å². The normalized spacial score (nSPS) is 32.0. The molecule has 1 aliphatic carbocycles. The van der Waals surface area contributed by atoms with Gasteiger partial charge in [-0.2, -0.15) is 4.57 Å². The molecular weight excluding hydrogens is 544 g/mol. The summed E-state index contributed by atoms with van der Waals surface area (Å²) in [4.78, 5) is 9.00. The van der Waals surface area contributed by atoms with Crippen molar-refractivity contribution in [1.82, 2.24) is 9.88 Å². The standard InChI is InChI=1S/C38H38N4O2/c1-2-22-19-40-14-11-25-24-7-3-5-9-30(24)39-35(25)32(40)17-26(22)28-21-42-31-10-6-4-8-29(31)38-13-15-41-20-23(12-16-43)27(18-33(38)41)34(36(28)44)37(38)42/h3-10,12,17,19,21,27,33-34,36-37,43-44H,2,11,13-16,18,20H2,1H3/p+1/b23-12+/t27-,33-,34-,36+,37-,38+/m0/s1. The maximum absolute atomic E-state index is 12.7. The van der Waals surface area contributed by atoms with Crippen molar-refractivity contribution in [3.63, 3.8) is 0 Å². The third-order valence-electron chi connectivity index (χ3n) is 12.5. The molecule has 7 heterocycles. The van der Waals surface area contributed by atoms with Gasteiger partial charge >= 0.3 is 0 Å². The van der Waals surface area contributed by atoms with E-state index in [2.05, 4.69) is 93.3 Å². The van der Waals surface area contributed by atoms with Gasteiger partial charge in [0.05, 0.1) is 18.8 Å². The molecule has 0 radical (unpaired) electrons. The van der Waals surface area contributed by atoms with Crippen molar-refractivity contribution in [2.45, 2.75) is 62.8 Å². The molecule has 6 aliphatic rings. The van der Waals surface area contributed by atoms with Crippen LogP contribution in [0, 0.1) is 11.8 Å². The molecule has 3 fully saturated rings. The fraction of sp³-hybridized carbons (Fsp3) is 0.395. The zero-order chi connectivity index (χ0) is 29.3. The third kappa shape index (κ3) is 3.04. The second-order valence-corrected chi connectivity index (χ2v) is 14.0. The number of fused-ring (bicyclic) bond motifs is 9. The number of aromatic nitrogens is 2. The zero-order valence-corrected chi connectivity index (χ0v) is 25.2. The topological polar surface area (TPSA) is 66.6 Å². The molecule has 222 valence electrons. The van der Waals surface area contributed by atoms with Crippen LogP contribution in [0.1, 0.15) is 42.0 Å². The summed E-state index contributed by atoms with van der Waals surface area (Å²) in [5.41, 5.74) is 12.6. The van der Waals surface area contributed by atoms with E-state index in [9.17, 15) is 10.2 Å². The second-order valence-electron chi connectivity index (χ2n) is 14.0. The Morgan fingerprint density at radius 3 is 2.89 bits per heavy atom. The minimum absolute atomic E-state index is 0.0318. The highest BCUT2D eigenvalue weighted by Gasteiger charge is 2.69. The van der Waals surface area contributed by atoms with Crippen molar-refractivity contribution in [2.24, 2.45) is 11.8 Å². The van der Waals surface area contributed by atoms with E-state index in [0.29, 0.717) is 6.04 Å². The number of piperidine rings is 1. The van der Waals surface area contributed by atoms with Crippen LogP contribution in [0.4, 0.5) is 5.69 Å². The van der Waals surface area contributed by atoms with E-state index in [1.165, 1.54) is 55.8 Å². The van der Waals surface area contributed by atoms with Crippen LogP contribution < -0.4 is 9.47 Å². The highest BCUT2D eigenvalue weighted by molar-refractivity contribution is 5.91. The first-order valence-corrected chi connectivity index (χ1v) is 16.6. The summed E-state index contributed by atoms with van der Waals surface area (Å²) in [5.74, 6) is 0.321. The maximum Gasteiger partial charge on any atom is 0.229 e. The largest absolute Gasteiger partial charge is 0.392 e. The van der Waals surface area contributed by atoms with Crippen molar-refractivity contribution in [3.8, 4) is 11.4 Å². The number of benzene rings is 2. The molecule has 2 saturated heterocycles. The van der Waals surface area contributed by atoms with Gasteiger partial charge < -0.3 is 20.1 Å². The quantitative estimate of drug-likeness (QED) is 0.241. The summed E-state index contributed by atoms with van der Waals surface area (Å²) in [7, 11) is 0. The van der Waals surface area contributed by atoms with Gasteiger partial charge in [-0.15, -0.1) is 0 Å². The van der Waals surface area contributed by atoms with E-state index in [0.717, 1.165) is 50.9 Å². The first-order valence-electron chi connectivity index (χ1n) is 16.6. The Kier molecular flexibility index (Phi) is 5.20. The van der Waals surface area contributed by atoms with Crippen molar-refractivity contribution in [3.05, 3.63) is 101 Å². The van der Waals surface area contributed by atoms with Crippen LogP contribution in [0.2, 0.25) is 0 Å². The molecule has 0 amide bonds. The zero-order valence-electron chi connectivity index (χ0n) is 25.2. The molecule has 6 nitrogen and oxygen atoms in total. The number of H-pyrrole nitrogens is 1. The van der Waals surface area contributed by atoms with Crippen LogP contribution in [-0.4, -0.2) is 58.0 Å². The molecule has 2 aromatic heterocycles. The van der Waals surface area contributed by atoms with Crippen LogP contribution in [0.3, 0.4) is 0 Å². The lowest BCUT2D eigenvalue weighted by Crippen LogP contribution is -2.67. The van der Waals surface area contributed by atoms with E-state index >= 15 is 0 Å². The number of hydrogen-bond acceptors (Lipinski definition) is 4. The molecule has 6 heteroatoms. The minimum atomic E-state index is -0.582. The maximum atomic E-state index is 12.7. The fourth-order valence-electron chi connectivity index (χ4n) is 10.8. The highest BCUT2D eigenvalue weighted by atomic mass is 16.3. The molecule has 2 aromatic carbocycles. The summed E-state index contributed by atoms with van der Waals surface area (Å²) in [6.45, 7) is 5.25. The average Bonchev–Trinajstić information content (AvgIpc) is 3.73. The van der Waals surface area contributed by atoms with Crippen molar-refractivity contribution in [2.75, 3.05) is 24.6 Å². The highest BCUT2D eigenvalue weighted by Crippen LogP contribution is 2.65. The molecule has 44 heavy (non-hydrogen) atoms. The second kappa shape index (κ2) is 8.94. The Hall–Kier alpha value is -3.71. The van der Waals surface area contributed by atoms with Gasteiger partial charge in [-0.3, -0.25) is 4.90 Å². The molecule has 4 aromatic rings. The van der Waals surface area contributed by atoms with E-state index in [1.807, 2.05) is 6.08 Å². The van der Waals surface area contributed by atoms with Gasteiger partial charge in [-0.1, -0.05) is 55.0 Å². The monoisotopic (exact) mass is 583 g/mol. The minimum Gasteiger partial charge on any atom is -0.392 e. The SMILES string of the molecule is CCc1c[n+]2c(cc1C1=CN3c4ccccc4[C@]45CCN6C/C(=C\CO)[C@H](C[C@H]64)[C@@H]([C@@H]1O)[C@H]35)-c1[nH]c3ccccc3c1CC2. The number of para-hydroxylation sites is 2. The number of rotatable bonds is 3. The van der Waals surface area contributed by atoms with E-state index in [-0.39, 0.29) is 29.9 Å². The van der Waals surface area contributed by atoms with Crippen molar-refractivity contribution in [1.29, 1.82) is 0 Å². The first-order chi connectivity index (χ1) is 21.6. The van der Waals surface area contributed by atoms with Gasteiger partial charge in [0.2, 0.25) is 5.69 Å². The average molecular weight is 584 g/mol. The molecule has 6 atom stereocenters. The number of nitrogens with zero attached hydrogens (tertiary/aromatic N) is 3. The van der Waals surface area contributed by atoms with Gasteiger partial charge in [-0.25, -0.2) is 0 Å². The lowest BCUT2D eigenvalue weighted by atomic mass is 9.53. The van der Waals surface area contributed by atoms with Crippen molar-refractivity contribution >= 4 is 22.2 Å². The molecule has 0 unspecified atom stereocenters. The number of hydrogen-bond donors (Lipinski definition) is 3. The molecular formula is C38H39N4O2+. The summed E-state index contributed by atoms with van der Waals surface area (Å²) in [6.07, 6.45) is 10.2. The van der Waals surface area contributed by atoms with Gasteiger partial charge in [0.1, 0.15) is 5.69 Å². The summed E-state index contributed by atoms with van der Waals surface area (Å²) in [5, 5.41) is 24.1. The number of aliphatic hydroxyl groups is 2. The van der Waals surface area contributed by atoms with E-state index < -0.39 is 6.10 Å². The number of pyridine rings is 1. The number of aliphatic hydroxyl groups excluding tert-OH is 2. The lowest BCUT2D eigenvalue weighted by molar-refractivity contribution is -0.688. The van der Waals surface area contributed by atoms with Crippen molar-refractivity contribution < 1.29 is 14.8 Å². The summed E-state index contributed by atoms with van der Waals surface area (Å²) >= 11 is 0. The molecule has 10 rings (SSSR count). The molecule has 3 N–H and O–H groups in total. The Morgan fingerprint density at radius 1 is 1.14 bits per heavy atom. The number of nitrogens with one attached hydrogen (secondary N) is 1. The van der Waals surface area contributed by atoms with Gasteiger partial charge in [0, 0.05) is 70.3 Å². The number of aryl methyl sites for hydroxylation is 3. The molecule has 5 aliphatic heterocycles. The third-order valence-corrected chi connectivity index (χ3v) is 12.5. The Bertz CT molecular complexity index is 1940. The lowest BCUT2D eigenvalue weighted by Gasteiger charge is -2.59. The van der Waals surface area contributed by atoms with Gasteiger partial charge in [-0.05, 0) is 60.5 Å². The molecule has 1 saturated carbocycles. The Balaban J connectivity index is 1.19. The van der Waals surface area contributed by atoms with E-state index in [4.69, 9.17) is 0 Å². The summed E-state index contributed by atoms with van der Waals surface area (Å²) < 4.78 is 2.42. The summed E-state index contributed by atoms with van der Waals surface area (Å²) in [6, 6.07) is 20.8. The van der Waals surface area contributed by atoms with Gasteiger partial charge in [0.15, 0.2) is 12.7 Å². The smallest absolute Gasteiger partial charge is 0.229 e. The van der Waals surface area contributed by atoms with Gasteiger partial charge in [0.25, 0.3) is 0 Å². The number of aromatic amines is 1. The van der Waals surface area contributed by atoms with E-state index in [1.54, 1.807) is 0 Å². The predicted molar refractivity (Wildman–Crippen MR) is 172 cm³/mol.